The van der Waals surface area contributed by atoms with E-state index < -0.39 is 5.41 Å². The van der Waals surface area contributed by atoms with E-state index in [0.717, 1.165) is 34.5 Å². The molecule has 1 fully saturated rings. The SMILES string of the molecule is COCCCNC(=O)N1CCC2(CC1)C(=O)N(Cc1nc3ccc(Cl)cc3n1CCCCF)c1cnccc12. The molecule has 0 atom stereocenters. The number of aromatic nitrogens is 3. The van der Waals surface area contributed by atoms with Gasteiger partial charge in [-0.1, -0.05) is 11.6 Å². The van der Waals surface area contributed by atoms with Crippen molar-refractivity contribution in [2.24, 2.45) is 0 Å². The molecule has 4 heterocycles. The molecule has 1 aromatic carbocycles. The maximum Gasteiger partial charge on any atom is 0.317 e. The van der Waals surface area contributed by atoms with Crippen LogP contribution >= 0.6 is 11.6 Å². The van der Waals surface area contributed by atoms with Crippen LogP contribution in [0.1, 0.15) is 43.5 Å². The second-order valence-electron chi connectivity index (χ2n) is 10.1. The highest BCUT2D eigenvalue weighted by molar-refractivity contribution is 6.31. The topological polar surface area (TPSA) is 92.6 Å². The van der Waals surface area contributed by atoms with E-state index in [4.69, 9.17) is 21.3 Å². The number of carbonyl (C=O) groups is 2. The molecule has 2 aliphatic heterocycles. The van der Waals surface area contributed by atoms with E-state index in [-0.39, 0.29) is 25.2 Å². The molecule has 39 heavy (non-hydrogen) atoms. The number of nitrogens with one attached hydrogen (secondary N) is 1. The van der Waals surface area contributed by atoms with Crippen molar-refractivity contribution in [1.82, 2.24) is 24.8 Å². The van der Waals surface area contributed by atoms with Crippen molar-refractivity contribution in [2.45, 2.75) is 50.6 Å². The Balaban J connectivity index is 1.38. The average molecular weight is 557 g/mol. The number of aryl methyl sites for hydroxylation is 1. The van der Waals surface area contributed by atoms with Gasteiger partial charge >= 0.3 is 6.03 Å². The van der Waals surface area contributed by atoms with Gasteiger partial charge in [-0.25, -0.2) is 9.78 Å². The number of amides is 3. The van der Waals surface area contributed by atoms with Crippen molar-refractivity contribution in [1.29, 1.82) is 0 Å². The summed E-state index contributed by atoms with van der Waals surface area (Å²) in [4.78, 5) is 39.6. The first-order valence-corrected chi connectivity index (χ1v) is 13.8. The molecule has 0 saturated carbocycles. The van der Waals surface area contributed by atoms with E-state index in [9.17, 15) is 14.0 Å². The number of pyridine rings is 1. The molecule has 0 bridgehead atoms. The maximum absolute atomic E-state index is 14.2. The summed E-state index contributed by atoms with van der Waals surface area (Å²) in [6, 6.07) is 7.34. The molecule has 1 N–H and O–H groups in total. The number of urea groups is 1. The Morgan fingerprint density at radius 3 is 2.79 bits per heavy atom. The molecule has 11 heteroatoms. The lowest BCUT2D eigenvalue weighted by atomic mass is 9.74. The molecule has 3 aromatic rings. The highest BCUT2D eigenvalue weighted by atomic mass is 35.5. The minimum absolute atomic E-state index is 0.00560. The summed E-state index contributed by atoms with van der Waals surface area (Å²) < 4.78 is 20.0. The lowest BCUT2D eigenvalue weighted by molar-refractivity contribution is -0.124. The number of unbranched alkanes of at least 4 members (excludes halogenated alkanes) is 1. The Bertz CT molecular complexity index is 1340. The van der Waals surface area contributed by atoms with E-state index >= 15 is 0 Å². The van der Waals surface area contributed by atoms with Crippen molar-refractivity contribution in [2.75, 3.05) is 44.9 Å². The third-order valence-electron chi connectivity index (χ3n) is 7.82. The summed E-state index contributed by atoms with van der Waals surface area (Å²) in [5, 5.41) is 3.54. The van der Waals surface area contributed by atoms with Crippen LogP contribution in [-0.2, 0) is 28.0 Å². The number of alkyl halides is 1. The molecule has 1 saturated heterocycles. The molecule has 9 nitrogen and oxygen atoms in total. The Morgan fingerprint density at radius 2 is 2.03 bits per heavy atom. The van der Waals surface area contributed by atoms with Crippen molar-refractivity contribution >= 4 is 40.3 Å². The third-order valence-corrected chi connectivity index (χ3v) is 8.06. The van der Waals surface area contributed by atoms with Gasteiger partial charge in [-0.2, -0.15) is 0 Å². The third kappa shape index (κ3) is 5.32. The normalized spacial score (nSPS) is 16.3. The number of imidazole rings is 1. The molecule has 1 spiro atoms. The Morgan fingerprint density at radius 1 is 1.21 bits per heavy atom. The molecule has 2 aliphatic rings. The van der Waals surface area contributed by atoms with Crippen LogP contribution in [0.15, 0.2) is 36.7 Å². The first kappa shape index (κ1) is 27.3. The molecule has 208 valence electrons. The van der Waals surface area contributed by atoms with Gasteiger partial charge < -0.3 is 24.4 Å². The van der Waals surface area contributed by atoms with Gasteiger partial charge in [0.2, 0.25) is 5.91 Å². The van der Waals surface area contributed by atoms with E-state index in [1.807, 2.05) is 22.8 Å². The number of rotatable bonds is 10. The van der Waals surface area contributed by atoms with Crippen molar-refractivity contribution in [3.05, 3.63) is 53.1 Å². The second kappa shape index (κ2) is 11.9. The number of fused-ring (bicyclic) bond motifs is 3. The van der Waals surface area contributed by atoms with Crippen LogP contribution in [0.3, 0.4) is 0 Å². The van der Waals surface area contributed by atoms with Crippen molar-refractivity contribution < 1.29 is 18.7 Å². The van der Waals surface area contributed by atoms with E-state index in [2.05, 4.69) is 10.3 Å². The first-order chi connectivity index (χ1) is 19.0. The molecule has 0 unspecified atom stereocenters. The molecular weight excluding hydrogens is 523 g/mol. The lowest BCUT2D eigenvalue weighted by Crippen LogP contribution is -2.52. The van der Waals surface area contributed by atoms with E-state index in [1.54, 1.807) is 35.4 Å². The first-order valence-electron chi connectivity index (χ1n) is 13.5. The van der Waals surface area contributed by atoms with Gasteiger partial charge in [0.05, 0.1) is 41.6 Å². The number of methoxy groups -OCH3 is 1. The van der Waals surface area contributed by atoms with Crippen LogP contribution in [0.4, 0.5) is 14.9 Å². The van der Waals surface area contributed by atoms with Gasteiger partial charge in [-0.3, -0.25) is 14.2 Å². The smallest absolute Gasteiger partial charge is 0.317 e. The van der Waals surface area contributed by atoms with Crippen molar-refractivity contribution in [3.63, 3.8) is 0 Å². The number of carbonyl (C=O) groups excluding carboxylic acids is 2. The van der Waals surface area contributed by atoms with Gasteiger partial charge in [0, 0.05) is 51.1 Å². The Labute approximate surface area is 232 Å². The van der Waals surface area contributed by atoms with Crippen LogP contribution in [0, 0.1) is 0 Å². The van der Waals surface area contributed by atoms with Crippen LogP contribution in [0.25, 0.3) is 11.0 Å². The van der Waals surface area contributed by atoms with Crippen molar-refractivity contribution in [3.8, 4) is 0 Å². The summed E-state index contributed by atoms with van der Waals surface area (Å²) in [5.74, 6) is 0.727. The predicted molar refractivity (Wildman–Crippen MR) is 148 cm³/mol. The monoisotopic (exact) mass is 556 g/mol. The summed E-state index contributed by atoms with van der Waals surface area (Å²) in [7, 11) is 1.64. The zero-order valence-corrected chi connectivity index (χ0v) is 22.9. The average Bonchev–Trinajstić information content (AvgIpc) is 3.40. The fourth-order valence-electron chi connectivity index (χ4n) is 5.77. The highest BCUT2D eigenvalue weighted by Gasteiger charge is 2.52. The largest absolute Gasteiger partial charge is 0.385 e. The van der Waals surface area contributed by atoms with E-state index in [0.29, 0.717) is 63.5 Å². The highest BCUT2D eigenvalue weighted by Crippen LogP contribution is 2.48. The summed E-state index contributed by atoms with van der Waals surface area (Å²) in [6.45, 7) is 2.58. The molecule has 3 amide bonds. The lowest BCUT2D eigenvalue weighted by Gasteiger charge is -2.38. The molecular formula is C28H34ClFN6O3. The van der Waals surface area contributed by atoms with Crippen LogP contribution in [0.2, 0.25) is 5.02 Å². The minimum atomic E-state index is -0.709. The zero-order valence-electron chi connectivity index (χ0n) is 22.2. The van der Waals surface area contributed by atoms with Gasteiger partial charge in [0.15, 0.2) is 0 Å². The molecule has 0 radical (unpaired) electrons. The quantitative estimate of drug-likeness (QED) is 0.372. The number of nitrogens with zero attached hydrogens (tertiary/aromatic N) is 5. The number of hydrogen-bond donors (Lipinski definition) is 1. The number of benzene rings is 1. The number of likely N-dealkylation sites (tertiary alicyclic amines) is 1. The molecule has 5 rings (SSSR count). The van der Waals surface area contributed by atoms with Crippen LogP contribution in [-0.4, -0.2) is 71.4 Å². The Kier molecular flexibility index (Phi) is 8.32. The number of ether oxygens (including phenoxy) is 1. The summed E-state index contributed by atoms with van der Waals surface area (Å²) in [5.41, 5.74) is 2.67. The fraction of sp³-hybridized carbons (Fsp3) is 0.500. The molecule has 2 aromatic heterocycles. The Hall–Kier alpha value is -3.24. The van der Waals surface area contributed by atoms with Gasteiger partial charge in [0.25, 0.3) is 0 Å². The van der Waals surface area contributed by atoms with Crippen LogP contribution < -0.4 is 10.2 Å². The second-order valence-corrected chi connectivity index (χ2v) is 10.6. The van der Waals surface area contributed by atoms with Gasteiger partial charge in [0.1, 0.15) is 5.82 Å². The number of hydrogen-bond acceptors (Lipinski definition) is 5. The zero-order chi connectivity index (χ0) is 27.4. The van der Waals surface area contributed by atoms with Gasteiger partial charge in [-0.15, -0.1) is 0 Å². The molecule has 0 aliphatic carbocycles. The predicted octanol–water partition coefficient (Wildman–Crippen LogP) is 4.46. The summed E-state index contributed by atoms with van der Waals surface area (Å²) in [6.07, 6.45) is 6.39. The number of piperidine rings is 1. The maximum atomic E-state index is 14.2. The number of halogens is 2. The van der Waals surface area contributed by atoms with Gasteiger partial charge in [-0.05, 0) is 61.9 Å². The minimum Gasteiger partial charge on any atom is -0.385 e. The number of anilines is 1. The van der Waals surface area contributed by atoms with E-state index in [1.165, 1.54) is 0 Å². The fourth-order valence-corrected chi connectivity index (χ4v) is 5.93. The standard InChI is InChI=1S/C28H34ClFN6O3/c1-39-16-4-11-32-27(38)34-14-8-28(9-15-34)21-7-12-31-18-24(21)36(26(28)37)19-25-33-22-6-5-20(29)17-23(22)35(25)13-3-2-10-30/h5-7,12,17-18H,2-4,8-11,13-16,19H2,1H3,(H,32,38). The summed E-state index contributed by atoms with van der Waals surface area (Å²) >= 11 is 6.28. The van der Waals surface area contributed by atoms with Crippen LogP contribution in [0.5, 0.6) is 0 Å².